The summed E-state index contributed by atoms with van der Waals surface area (Å²) >= 11 is 0. The average Bonchev–Trinajstić information content (AvgIpc) is 2.70. The molecule has 0 bridgehead atoms. The summed E-state index contributed by atoms with van der Waals surface area (Å²) in [6.45, 7) is 3.63. The standard InChI is InChI=1S/C12H25NO2/c1-10(9-15-3)13(2)8-12(14)11-6-4-5-7-11/h10-12,14H,4-9H2,1-3H3. The summed E-state index contributed by atoms with van der Waals surface area (Å²) in [4.78, 5) is 2.19. The lowest BCUT2D eigenvalue weighted by Gasteiger charge is -2.28. The number of ether oxygens (including phenoxy) is 1. The van der Waals surface area contributed by atoms with Crippen LogP contribution in [0.3, 0.4) is 0 Å². The molecule has 1 fully saturated rings. The van der Waals surface area contributed by atoms with E-state index in [-0.39, 0.29) is 6.10 Å². The second-order valence-corrected chi connectivity index (χ2v) is 4.86. The topological polar surface area (TPSA) is 32.7 Å². The minimum Gasteiger partial charge on any atom is -0.392 e. The third-order valence-electron chi connectivity index (χ3n) is 3.58. The fourth-order valence-electron chi connectivity index (χ4n) is 2.33. The Morgan fingerprint density at radius 2 is 2.00 bits per heavy atom. The number of hydrogen-bond acceptors (Lipinski definition) is 3. The van der Waals surface area contributed by atoms with Crippen LogP contribution in [-0.4, -0.2) is 49.5 Å². The van der Waals surface area contributed by atoms with Crippen molar-refractivity contribution in [2.24, 2.45) is 5.92 Å². The van der Waals surface area contributed by atoms with E-state index in [0.717, 1.165) is 13.2 Å². The van der Waals surface area contributed by atoms with Crippen LogP contribution in [0.2, 0.25) is 0 Å². The molecule has 0 aromatic rings. The van der Waals surface area contributed by atoms with Gasteiger partial charge in [-0.15, -0.1) is 0 Å². The predicted octanol–water partition coefficient (Wildman–Crippen LogP) is 1.50. The van der Waals surface area contributed by atoms with Gasteiger partial charge in [-0.25, -0.2) is 0 Å². The first kappa shape index (κ1) is 12.9. The summed E-state index contributed by atoms with van der Waals surface area (Å²) in [5.41, 5.74) is 0. The lowest BCUT2D eigenvalue weighted by Crippen LogP contribution is -2.40. The molecule has 0 heterocycles. The minimum absolute atomic E-state index is 0.156. The SMILES string of the molecule is COCC(C)N(C)CC(O)C1CCCC1. The van der Waals surface area contributed by atoms with E-state index in [4.69, 9.17) is 4.74 Å². The molecule has 0 aromatic heterocycles. The first-order valence-corrected chi connectivity index (χ1v) is 6.02. The highest BCUT2D eigenvalue weighted by Crippen LogP contribution is 2.28. The molecule has 0 spiro atoms. The summed E-state index contributed by atoms with van der Waals surface area (Å²) in [6, 6.07) is 0.381. The fourth-order valence-corrected chi connectivity index (χ4v) is 2.33. The van der Waals surface area contributed by atoms with Crippen molar-refractivity contribution in [1.82, 2.24) is 4.90 Å². The van der Waals surface area contributed by atoms with Crippen molar-refractivity contribution in [2.75, 3.05) is 27.3 Å². The van der Waals surface area contributed by atoms with Gasteiger partial charge in [-0.1, -0.05) is 12.8 Å². The Hall–Kier alpha value is -0.120. The summed E-state index contributed by atoms with van der Waals surface area (Å²) in [5.74, 6) is 0.530. The van der Waals surface area contributed by atoms with Crippen LogP contribution in [0, 0.1) is 5.92 Å². The number of methoxy groups -OCH3 is 1. The molecule has 1 saturated carbocycles. The van der Waals surface area contributed by atoms with Crippen LogP contribution in [-0.2, 0) is 4.74 Å². The third-order valence-corrected chi connectivity index (χ3v) is 3.58. The van der Waals surface area contributed by atoms with E-state index in [9.17, 15) is 5.11 Å². The van der Waals surface area contributed by atoms with Gasteiger partial charge in [0.1, 0.15) is 0 Å². The number of likely N-dealkylation sites (N-methyl/N-ethyl adjacent to an activating group) is 1. The fraction of sp³-hybridized carbons (Fsp3) is 1.00. The molecule has 1 N–H and O–H groups in total. The second-order valence-electron chi connectivity index (χ2n) is 4.86. The Bertz CT molecular complexity index is 169. The molecule has 2 unspecified atom stereocenters. The molecular weight excluding hydrogens is 190 g/mol. The maximum Gasteiger partial charge on any atom is 0.0695 e. The van der Waals surface area contributed by atoms with Crippen LogP contribution in [0.15, 0.2) is 0 Å². The average molecular weight is 215 g/mol. The zero-order chi connectivity index (χ0) is 11.3. The van der Waals surface area contributed by atoms with E-state index in [2.05, 4.69) is 18.9 Å². The maximum absolute atomic E-state index is 10.1. The molecule has 2 atom stereocenters. The summed E-state index contributed by atoms with van der Waals surface area (Å²) in [6.07, 6.45) is 4.83. The lowest BCUT2D eigenvalue weighted by atomic mass is 10.0. The first-order chi connectivity index (χ1) is 7.15. The zero-order valence-electron chi connectivity index (χ0n) is 10.3. The maximum atomic E-state index is 10.1. The Balaban J connectivity index is 2.26. The van der Waals surface area contributed by atoms with Gasteiger partial charge in [0.25, 0.3) is 0 Å². The van der Waals surface area contributed by atoms with Crippen molar-refractivity contribution >= 4 is 0 Å². The van der Waals surface area contributed by atoms with Crippen LogP contribution in [0.5, 0.6) is 0 Å². The van der Waals surface area contributed by atoms with Gasteiger partial charge < -0.3 is 9.84 Å². The van der Waals surface area contributed by atoms with Gasteiger partial charge in [-0.05, 0) is 32.7 Å². The smallest absolute Gasteiger partial charge is 0.0695 e. The van der Waals surface area contributed by atoms with Crippen LogP contribution >= 0.6 is 0 Å². The van der Waals surface area contributed by atoms with E-state index in [1.807, 2.05) is 0 Å². The van der Waals surface area contributed by atoms with Gasteiger partial charge >= 0.3 is 0 Å². The van der Waals surface area contributed by atoms with Crippen molar-refractivity contribution in [1.29, 1.82) is 0 Å². The summed E-state index contributed by atoms with van der Waals surface area (Å²) < 4.78 is 5.11. The van der Waals surface area contributed by atoms with Gasteiger partial charge in [0.2, 0.25) is 0 Å². The van der Waals surface area contributed by atoms with Crippen LogP contribution in [0.25, 0.3) is 0 Å². The predicted molar refractivity (Wildman–Crippen MR) is 61.9 cm³/mol. The molecule has 0 aromatic carbocycles. The Labute approximate surface area is 93.4 Å². The molecule has 90 valence electrons. The number of aliphatic hydroxyl groups is 1. The van der Waals surface area contributed by atoms with E-state index in [1.54, 1.807) is 7.11 Å². The highest BCUT2D eigenvalue weighted by Gasteiger charge is 2.25. The normalized spacial score (nSPS) is 22.2. The van der Waals surface area contributed by atoms with Crippen LogP contribution in [0.1, 0.15) is 32.6 Å². The highest BCUT2D eigenvalue weighted by atomic mass is 16.5. The van der Waals surface area contributed by atoms with Crippen molar-refractivity contribution < 1.29 is 9.84 Å². The zero-order valence-corrected chi connectivity index (χ0v) is 10.3. The van der Waals surface area contributed by atoms with Crippen LogP contribution in [0.4, 0.5) is 0 Å². The van der Waals surface area contributed by atoms with Crippen molar-refractivity contribution in [3.8, 4) is 0 Å². The van der Waals surface area contributed by atoms with Gasteiger partial charge in [0, 0.05) is 19.7 Å². The Kier molecular flexibility index (Phi) is 5.58. The second kappa shape index (κ2) is 6.46. The quantitative estimate of drug-likeness (QED) is 0.729. The largest absolute Gasteiger partial charge is 0.392 e. The van der Waals surface area contributed by atoms with E-state index >= 15 is 0 Å². The highest BCUT2D eigenvalue weighted by molar-refractivity contribution is 4.78. The summed E-state index contributed by atoms with van der Waals surface area (Å²) in [5, 5.41) is 10.1. The molecule has 0 aliphatic heterocycles. The van der Waals surface area contributed by atoms with Gasteiger partial charge in [0.15, 0.2) is 0 Å². The number of nitrogens with zero attached hydrogens (tertiary/aromatic N) is 1. The first-order valence-electron chi connectivity index (χ1n) is 6.02. The molecule has 1 rings (SSSR count). The van der Waals surface area contributed by atoms with Crippen molar-refractivity contribution in [3.05, 3.63) is 0 Å². The molecule has 0 radical (unpaired) electrons. The molecular formula is C12H25NO2. The van der Waals surface area contributed by atoms with Crippen molar-refractivity contribution in [2.45, 2.75) is 44.8 Å². The van der Waals surface area contributed by atoms with Crippen molar-refractivity contribution in [3.63, 3.8) is 0 Å². The van der Waals surface area contributed by atoms with Gasteiger partial charge in [0.05, 0.1) is 12.7 Å². The van der Waals surface area contributed by atoms with E-state index < -0.39 is 0 Å². The molecule has 0 amide bonds. The number of rotatable bonds is 6. The molecule has 3 heteroatoms. The monoisotopic (exact) mass is 215 g/mol. The Morgan fingerprint density at radius 3 is 2.53 bits per heavy atom. The molecule has 1 aliphatic carbocycles. The number of hydrogen-bond donors (Lipinski definition) is 1. The lowest BCUT2D eigenvalue weighted by molar-refractivity contribution is 0.0432. The van der Waals surface area contributed by atoms with Gasteiger partial charge in [-0.2, -0.15) is 0 Å². The van der Waals surface area contributed by atoms with Crippen LogP contribution < -0.4 is 0 Å². The number of aliphatic hydroxyl groups excluding tert-OH is 1. The third kappa shape index (κ3) is 4.09. The van der Waals surface area contributed by atoms with E-state index in [0.29, 0.717) is 12.0 Å². The van der Waals surface area contributed by atoms with E-state index in [1.165, 1.54) is 25.7 Å². The molecule has 15 heavy (non-hydrogen) atoms. The molecule has 3 nitrogen and oxygen atoms in total. The molecule has 1 aliphatic rings. The minimum atomic E-state index is -0.156. The Morgan fingerprint density at radius 1 is 1.40 bits per heavy atom. The van der Waals surface area contributed by atoms with Gasteiger partial charge in [-0.3, -0.25) is 4.90 Å². The molecule has 0 saturated heterocycles. The summed E-state index contributed by atoms with van der Waals surface area (Å²) in [7, 11) is 3.78.